The van der Waals surface area contributed by atoms with E-state index in [1.165, 1.54) is 0 Å². The van der Waals surface area contributed by atoms with Crippen LogP contribution in [0.3, 0.4) is 0 Å². The molecule has 1 aliphatic heterocycles. The van der Waals surface area contributed by atoms with Crippen molar-refractivity contribution in [1.29, 1.82) is 0 Å². The van der Waals surface area contributed by atoms with Crippen LogP contribution in [0, 0.1) is 17.3 Å². The molecule has 7 heteroatoms. The second-order valence-electron chi connectivity index (χ2n) is 9.73. The number of nitrogens with zero attached hydrogens (tertiary/aromatic N) is 4. The van der Waals surface area contributed by atoms with Gasteiger partial charge >= 0.3 is 0 Å². The van der Waals surface area contributed by atoms with E-state index in [2.05, 4.69) is 38.0 Å². The highest BCUT2D eigenvalue weighted by atomic mass is 16.2. The predicted molar refractivity (Wildman–Crippen MR) is 123 cm³/mol. The highest BCUT2D eigenvalue weighted by Gasteiger charge is 2.56. The molecule has 4 rings (SSSR count). The van der Waals surface area contributed by atoms with Crippen molar-refractivity contribution in [3.05, 3.63) is 47.0 Å². The molecule has 0 spiro atoms. The molecule has 1 saturated carbocycles. The zero-order valence-electron chi connectivity index (χ0n) is 19.7. The Morgan fingerprint density at radius 1 is 1.28 bits per heavy atom. The van der Waals surface area contributed by atoms with Gasteiger partial charge in [0.15, 0.2) is 5.69 Å². The molecule has 2 aromatic rings. The summed E-state index contributed by atoms with van der Waals surface area (Å²) < 4.78 is 1.99. The van der Waals surface area contributed by atoms with Crippen molar-refractivity contribution < 1.29 is 9.59 Å². The van der Waals surface area contributed by atoms with E-state index in [1.54, 1.807) is 12.4 Å². The molecule has 3 heterocycles. The minimum Gasteiger partial charge on any atom is -0.346 e. The summed E-state index contributed by atoms with van der Waals surface area (Å²) in [5, 5.41) is 7.69. The summed E-state index contributed by atoms with van der Waals surface area (Å²) in [6.45, 7) is 11.0. The van der Waals surface area contributed by atoms with Crippen molar-refractivity contribution >= 4 is 11.8 Å². The Labute approximate surface area is 190 Å². The predicted octanol–water partition coefficient (Wildman–Crippen LogP) is 3.58. The van der Waals surface area contributed by atoms with Crippen molar-refractivity contribution in [3.8, 4) is 0 Å². The molecule has 0 bridgehead atoms. The average molecular weight is 438 g/mol. The molecule has 32 heavy (non-hydrogen) atoms. The van der Waals surface area contributed by atoms with Gasteiger partial charge in [0.05, 0.1) is 0 Å². The summed E-state index contributed by atoms with van der Waals surface area (Å²) in [6.07, 6.45) is 7.30. The Morgan fingerprint density at radius 3 is 2.69 bits per heavy atom. The lowest BCUT2D eigenvalue weighted by molar-refractivity contribution is -0.134. The Balaban J connectivity index is 1.54. The SMILES string of the molecule is CCC1(CC)C[C@@H]1C(=O)N1CCc2c(c(C(=O)NCc3cccnc3)nn2CC(C)C)C1. The number of hydrogen-bond acceptors (Lipinski definition) is 4. The van der Waals surface area contributed by atoms with E-state index < -0.39 is 0 Å². The minimum absolute atomic E-state index is 0.132. The number of rotatable bonds is 8. The minimum atomic E-state index is -0.190. The second-order valence-corrected chi connectivity index (χ2v) is 9.73. The molecule has 0 saturated heterocycles. The van der Waals surface area contributed by atoms with Crippen LogP contribution in [0.25, 0.3) is 0 Å². The van der Waals surface area contributed by atoms with Gasteiger partial charge < -0.3 is 10.2 Å². The van der Waals surface area contributed by atoms with Crippen LogP contribution in [0.1, 0.15) is 74.3 Å². The molecule has 2 amide bonds. The van der Waals surface area contributed by atoms with Crippen molar-refractivity contribution in [2.24, 2.45) is 17.3 Å². The summed E-state index contributed by atoms with van der Waals surface area (Å²) in [6, 6.07) is 3.79. The van der Waals surface area contributed by atoms with Crippen LogP contribution < -0.4 is 5.32 Å². The van der Waals surface area contributed by atoms with Gasteiger partial charge in [0, 0.05) is 62.2 Å². The summed E-state index contributed by atoms with van der Waals surface area (Å²) in [7, 11) is 0. The van der Waals surface area contributed by atoms with Gasteiger partial charge in [-0.25, -0.2) is 0 Å². The standard InChI is InChI=1S/C25H35N5O2/c1-5-25(6-2)12-20(25)24(32)29-11-9-21-19(16-29)22(28-30(21)15-17(3)4)23(31)27-14-18-8-7-10-26-13-18/h7-8,10,13,17,20H,5-6,9,11-12,14-16H2,1-4H3,(H,27,31)/t20-/m1/s1. The van der Waals surface area contributed by atoms with E-state index in [-0.39, 0.29) is 23.1 Å². The summed E-state index contributed by atoms with van der Waals surface area (Å²) >= 11 is 0. The normalized spacial score (nSPS) is 19.0. The fraction of sp³-hybridized carbons (Fsp3) is 0.600. The topological polar surface area (TPSA) is 80.1 Å². The third-order valence-corrected chi connectivity index (χ3v) is 7.27. The summed E-state index contributed by atoms with van der Waals surface area (Å²) in [4.78, 5) is 32.4. The van der Waals surface area contributed by atoms with Crippen LogP contribution >= 0.6 is 0 Å². The van der Waals surface area contributed by atoms with Crippen molar-refractivity contribution in [3.63, 3.8) is 0 Å². The Morgan fingerprint density at radius 2 is 2.06 bits per heavy atom. The van der Waals surface area contributed by atoms with E-state index in [0.717, 1.165) is 49.0 Å². The van der Waals surface area contributed by atoms with Crippen LogP contribution in [-0.4, -0.2) is 38.0 Å². The molecule has 0 radical (unpaired) electrons. The zero-order valence-corrected chi connectivity index (χ0v) is 19.7. The molecule has 1 N–H and O–H groups in total. The van der Waals surface area contributed by atoms with Crippen LogP contribution in [0.15, 0.2) is 24.5 Å². The lowest BCUT2D eigenvalue weighted by atomic mass is 9.96. The number of carbonyl (C=O) groups excluding carboxylic acids is 2. The molecule has 0 aromatic carbocycles. The van der Waals surface area contributed by atoms with E-state index >= 15 is 0 Å². The number of amides is 2. The smallest absolute Gasteiger partial charge is 0.272 e. The number of hydrogen-bond donors (Lipinski definition) is 1. The molecule has 172 valence electrons. The number of pyridine rings is 1. The zero-order chi connectivity index (χ0) is 22.9. The van der Waals surface area contributed by atoms with Gasteiger partial charge in [-0.2, -0.15) is 5.10 Å². The van der Waals surface area contributed by atoms with Gasteiger partial charge in [-0.1, -0.05) is 33.8 Å². The lowest BCUT2D eigenvalue weighted by Gasteiger charge is -2.29. The van der Waals surface area contributed by atoms with E-state index in [4.69, 9.17) is 5.10 Å². The van der Waals surface area contributed by atoms with Crippen molar-refractivity contribution in [2.45, 2.75) is 73.0 Å². The second kappa shape index (κ2) is 9.04. The van der Waals surface area contributed by atoms with Gasteiger partial charge in [0.2, 0.25) is 5.91 Å². The molecule has 2 aromatic heterocycles. The highest BCUT2D eigenvalue weighted by molar-refractivity contribution is 5.94. The van der Waals surface area contributed by atoms with Crippen LogP contribution in [0.5, 0.6) is 0 Å². The summed E-state index contributed by atoms with van der Waals surface area (Å²) in [5.74, 6) is 0.612. The van der Waals surface area contributed by atoms with Gasteiger partial charge in [0.1, 0.15) is 0 Å². The number of aromatic nitrogens is 3. The van der Waals surface area contributed by atoms with E-state index in [1.807, 2.05) is 21.7 Å². The van der Waals surface area contributed by atoms with Gasteiger partial charge in [-0.15, -0.1) is 0 Å². The molecule has 0 unspecified atom stereocenters. The fourth-order valence-corrected chi connectivity index (χ4v) is 5.08. The van der Waals surface area contributed by atoms with Gasteiger partial charge in [-0.3, -0.25) is 19.3 Å². The first kappa shape index (κ1) is 22.5. The molecular weight excluding hydrogens is 402 g/mol. The van der Waals surface area contributed by atoms with Crippen molar-refractivity contribution in [1.82, 2.24) is 25.0 Å². The summed E-state index contributed by atoms with van der Waals surface area (Å²) in [5.41, 5.74) is 3.59. The molecule has 1 aliphatic carbocycles. The first-order valence-electron chi connectivity index (χ1n) is 11.9. The monoisotopic (exact) mass is 437 g/mol. The van der Waals surface area contributed by atoms with Crippen LogP contribution in [0.2, 0.25) is 0 Å². The average Bonchev–Trinajstić information content (AvgIpc) is 3.45. The third kappa shape index (κ3) is 4.30. The van der Waals surface area contributed by atoms with Gasteiger partial charge in [0.25, 0.3) is 5.91 Å². The first-order chi connectivity index (χ1) is 15.4. The molecule has 7 nitrogen and oxygen atoms in total. The maximum atomic E-state index is 13.3. The van der Waals surface area contributed by atoms with Crippen LogP contribution in [0.4, 0.5) is 0 Å². The third-order valence-electron chi connectivity index (χ3n) is 7.27. The number of nitrogens with one attached hydrogen (secondary N) is 1. The molecular formula is C25H35N5O2. The van der Waals surface area contributed by atoms with E-state index in [9.17, 15) is 9.59 Å². The fourth-order valence-electron chi connectivity index (χ4n) is 5.08. The number of fused-ring (bicyclic) bond motifs is 1. The number of carbonyl (C=O) groups is 2. The molecule has 2 aliphatic rings. The molecule has 1 fully saturated rings. The Kier molecular flexibility index (Phi) is 6.35. The lowest BCUT2D eigenvalue weighted by Crippen LogP contribution is -2.39. The maximum Gasteiger partial charge on any atom is 0.272 e. The van der Waals surface area contributed by atoms with E-state index in [0.29, 0.717) is 31.2 Å². The van der Waals surface area contributed by atoms with Crippen LogP contribution in [-0.2, 0) is 30.8 Å². The quantitative estimate of drug-likeness (QED) is 0.685. The molecule has 1 atom stereocenters. The van der Waals surface area contributed by atoms with Gasteiger partial charge in [-0.05, 0) is 42.2 Å². The Hall–Kier alpha value is -2.70. The highest BCUT2D eigenvalue weighted by Crippen LogP contribution is 2.58. The maximum absolute atomic E-state index is 13.3. The Bertz CT molecular complexity index is 978. The first-order valence-corrected chi connectivity index (χ1v) is 11.9. The van der Waals surface area contributed by atoms with Crippen molar-refractivity contribution in [2.75, 3.05) is 6.54 Å². The largest absolute Gasteiger partial charge is 0.346 e.